The SMILES string of the molecule is C=C/C(=C(\C=C)C(C)CCC)C(C)C. The zero-order valence-electron chi connectivity index (χ0n) is 10.1. The molecule has 0 aromatic rings. The van der Waals surface area contributed by atoms with E-state index in [-0.39, 0.29) is 0 Å². The quantitative estimate of drug-likeness (QED) is 0.533. The summed E-state index contributed by atoms with van der Waals surface area (Å²) in [7, 11) is 0. The highest BCUT2D eigenvalue weighted by molar-refractivity contribution is 5.34. The Hall–Kier alpha value is -0.780. The molecule has 0 spiro atoms. The summed E-state index contributed by atoms with van der Waals surface area (Å²) in [6.07, 6.45) is 6.43. The van der Waals surface area contributed by atoms with Gasteiger partial charge in [0, 0.05) is 0 Å². The molecule has 0 rings (SSSR count). The summed E-state index contributed by atoms with van der Waals surface area (Å²) in [6, 6.07) is 0. The van der Waals surface area contributed by atoms with E-state index in [1.807, 2.05) is 12.2 Å². The summed E-state index contributed by atoms with van der Waals surface area (Å²) in [5, 5.41) is 0. The second-order valence-corrected chi connectivity index (χ2v) is 4.16. The highest BCUT2D eigenvalue weighted by atomic mass is 14.2. The number of hydrogen-bond donors (Lipinski definition) is 0. The Balaban J connectivity index is 4.96. The van der Waals surface area contributed by atoms with Crippen molar-refractivity contribution in [2.45, 2.75) is 40.5 Å². The lowest BCUT2D eigenvalue weighted by molar-refractivity contribution is 0.599. The summed E-state index contributed by atoms with van der Waals surface area (Å²) in [5.74, 6) is 1.15. The third-order valence-corrected chi connectivity index (χ3v) is 2.65. The summed E-state index contributed by atoms with van der Waals surface area (Å²) in [4.78, 5) is 0. The second-order valence-electron chi connectivity index (χ2n) is 4.16. The van der Waals surface area contributed by atoms with Crippen LogP contribution in [0.1, 0.15) is 40.5 Å². The van der Waals surface area contributed by atoms with Crippen molar-refractivity contribution >= 4 is 0 Å². The lowest BCUT2D eigenvalue weighted by atomic mass is 9.87. The van der Waals surface area contributed by atoms with Gasteiger partial charge in [-0.05, 0) is 29.4 Å². The molecule has 0 fully saturated rings. The van der Waals surface area contributed by atoms with E-state index < -0.39 is 0 Å². The first-order chi connectivity index (χ1) is 6.58. The highest BCUT2D eigenvalue weighted by Crippen LogP contribution is 2.25. The van der Waals surface area contributed by atoms with E-state index >= 15 is 0 Å². The van der Waals surface area contributed by atoms with Crippen LogP contribution in [-0.4, -0.2) is 0 Å². The van der Waals surface area contributed by atoms with E-state index in [1.54, 1.807) is 0 Å². The molecule has 0 aromatic carbocycles. The maximum Gasteiger partial charge on any atom is -0.0188 e. The highest BCUT2D eigenvalue weighted by Gasteiger charge is 2.11. The minimum Gasteiger partial charge on any atom is -0.0988 e. The van der Waals surface area contributed by atoms with Gasteiger partial charge < -0.3 is 0 Å². The molecule has 0 saturated heterocycles. The molecule has 0 saturated carbocycles. The smallest absolute Gasteiger partial charge is 0.0188 e. The van der Waals surface area contributed by atoms with E-state index in [4.69, 9.17) is 0 Å². The number of allylic oxidation sites excluding steroid dienone is 4. The number of rotatable bonds is 6. The van der Waals surface area contributed by atoms with E-state index in [1.165, 1.54) is 24.0 Å². The van der Waals surface area contributed by atoms with Crippen molar-refractivity contribution < 1.29 is 0 Å². The Bertz CT molecular complexity index is 218. The molecule has 14 heavy (non-hydrogen) atoms. The standard InChI is InChI=1S/C14H24/c1-7-10-12(6)14(9-3)13(8-2)11(4)5/h8-9,11-12H,2-3,7,10H2,1,4-6H3/b14-13-. The molecular formula is C14H24. The van der Waals surface area contributed by atoms with Gasteiger partial charge in [0.1, 0.15) is 0 Å². The van der Waals surface area contributed by atoms with Gasteiger partial charge in [0.15, 0.2) is 0 Å². The Labute approximate surface area is 89.4 Å². The van der Waals surface area contributed by atoms with Crippen LogP contribution in [0.2, 0.25) is 0 Å². The first-order valence-electron chi connectivity index (χ1n) is 5.57. The first-order valence-corrected chi connectivity index (χ1v) is 5.57. The Kier molecular flexibility index (Phi) is 6.27. The van der Waals surface area contributed by atoms with E-state index in [0.29, 0.717) is 11.8 Å². The van der Waals surface area contributed by atoms with E-state index in [9.17, 15) is 0 Å². The van der Waals surface area contributed by atoms with Crippen LogP contribution in [0.4, 0.5) is 0 Å². The molecular weight excluding hydrogens is 168 g/mol. The molecule has 0 aliphatic heterocycles. The second kappa shape index (κ2) is 6.64. The third kappa shape index (κ3) is 3.53. The fourth-order valence-electron chi connectivity index (χ4n) is 1.88. The van der Waals surface area contributed by atoms with Crippen LogP contribution in [0.3, 0.4) is 0 Å². The summed E-state index contributed by atoms with van der Waals surface area (Å²) in [6.45, 7) is 16.7. The average Bonchev–Trinajstić information content (AvgIpc) is 2.13. The molecule has 0 aliphatic carbocycles. The lowest BCUT2D eigenvalue weighted by Gasteiger charge is -2.18. The van der Waals surface area contributed by atoms with Gasteiger partial charge in [-0.25, -0.2) is 0 Å². The van der Waals surface area contributed by atoms with Gasteiger partial charge in [-0.3, -0.25) is 0 Å². The van der Waals surface area contributed by atoms with Crippen LogP contribution < -0.4 is 0 Å². The van der Waals surface area contributed by atoms with Crippen LogP contribution in [0.25, 0.3) is 0 Å². The average molecular weight is 192 g/mol. The van der Waals surface area contributed by atoms with E-state index in [2.05, 4.69) is 40.9 Å². The van der Waals surface area contributed by atoms with Crippen molar-refractivity contribution in [3.8, 4) is 0 Å². The maximum absolute atomic E-state index is 3.91. The summed E-state index contributed by atoms with van der Waals surface area (Å²) >= 11 is 0. The predicted octanol–water partition coefficient (Wildman–Crippen LogP) is 4.75. The molecule has 0 bridgehead atoms. The molecule has 0 aromatic heterocycles. The Morgan fingerprint density at radius 3 is 1.86 bits per heavy atom. The molecule has 0 amide bonds. The molecule has 0 heterocycles. The van der Waals surface area contributed by atoms with Crippen LogP contribution in [0, 0.1) is 11.8 Å². The van der Waals surface area contributed by atoms with Gasteiger partial charge in [-0.1, -0.05) is 59.4 Å². The first kappa shape index (κ1) is 13.2. The largest absolute Gasteiger partial charge is 0.0988 e. The van der Waals surface area contributed by atoms with Gasteiger partial charge >= 0.3 is 0 Å². The third-order valence-electron chi connectivity index (χ3n) is 2.65. The van der Waals surface area contributed by atoms with Gasteiger partial charge in [0.25, 0.3) is 0 Å². The maximum atomic E-state index is 3.91. The van der Waals surface area contributed by atoms with Crippen molar-refractivity contribution in [1.29, 1.82) is 0 Å². The van der Waals surface area contributed by atoms with Gasteiger partial charge in [-0.2, -0.15) is 0 Å². The van der Waals surface area contributed by atoms with Crippen molar-refractivity contribution in [3.63, 3.8) is 0 Å². The van der Waals surface area contributed by atoms with Crippen LogP contribution in [0.15, 0.2) is 36.5 Å². The fourth-order valence-corrected chi connectivity index (χ4v) is 1.88. The molecule has 0 nitrogen and oxygen atoms in total. The zero-order chi connectivity index (χ0) is 11.1. The van der Waals surface area contributed by atoms with Crippen molar-refractivity contribution in [2.24, 2.45) is 11.8 Å². The van der Waals surface area contributed by atoms with Crippen LogP contribution in [-0.2, 0) is 0 Å². The van der Waals surface area contributed by atoms with Crippen molar-refractivity contribution in [1.82, 2.24) is 0 Å². The van der Waals surface area contributed by atoms with E-state index in [0.717, 1.165) is 0 Å². The fraction of sp³-hybridized carbons (Fsp3) is 0.571. The van der Waals surface area contributed by atoms with Gasteiger partial charge in [0.2, 0.25) is 0 Å². The Morgan fingerprint density at radius 2 is 1.57 bits per heavy atom. The molecule has 1 atom stereocenters. The molecule has 1 unspecified atom stereocenters. The minimum atomic E-state index is 0.541. The minimum absolute atomic E-state index is 0.541. The van der Waals surface area contributed by atoms with Crippen LogP contribution in [0.5, 0.6) is 0 Å². The van der Waals surface area contributed by atoms with Crippen molar-refractivity contribution in [2.75, 3.05) is 0 Å². The Morgan fingerprint density at radius 1 is 1.07 bits per heavy atom. The monoisotopic (exact) mass is 192 g/mol. The van der Waals surface area contributed by atoms with Gasteiger partial charge in [-0.15, -0.1) is 0 Å². The predicted molar refractivity (Wildman–Crippen MR) is 66.3 cm³/mol. The zero-order valence-corrected chi connectivity index (χ0v) is 10.1. The summed E-state index contributed by atoms with van der Waals surface area (Å²) in [5.41, 5.74) is 2.72. The molecule has 0 radical (unpaired) electrons. The topological polar surface area (TPSA) is 0 Å². The molecule has 0 N–H and O–H groups in total. The lowest BCUT2D eigenvalue weighted by Crippen LogP contribution is -2.04. The number of hydrogen-bond acceptors (Lipinski definition) is 0. The normalized spacial score (nSPS) is 14.9. The molecule has 0 heteroatoms. The van der Waals surface area contributed by atoms with Gasteiger partial charge in [0.05, 0.1) is 0 Å². The summed E-state index contributed by atoms with van der Waals surface area (Å²) < 4.78 is 0. The molecule has 80 valence electrons. The van der Waals surface area contributed by atoms with Crippen molar-refractivity contribution in [3.05, 3.63) is 36.5 Å². The van der Waals surface area contributed by atoms with Crippen LogP contribution >= 0.6 is 0 Å². The molecule has 0 aliphatic rings.